The maximum Gasteiger partial charge on any atom is 0.418 e. The predicted octanol–water partition coefficient (Wildman–Crippen LogP) is 2.58. The Hall–Kier alpha value is -1.76. The molecule has 116 valence electrons. The van der Waals surface area contributed by atoms with Crippen LogP contribution in [0.15, 0.2) is 18.2 Å². The minimum atomic E-state index is -4.57. The van der Waals surface area contributed by atoms with E-state index < -0.39 is 23.3 Å². The maximum absolute atomic E-state index is 12.7. The number of amides is 1. The molecule has 0 spiro atoms. The van der Waals surface area contributed by atoms with Crippen LogP contribution in [0.25, 0.3) is 0 Å². The number of nitrogens with one attached hydrogen (secondary N) is 1. The number of rotatable bonds is 4. The second-order valence-corrected chi connectivity index (χ2v) is 4.98. The standard InChI is InChI=1S/C14H17F3N2O2/c1-2-21-9-6-8(7-9)19-13(20)10-4-3-5-11(12(10)18)14(15,16)17/h3-5,8-9H,2,6-7,18H2,1H3,(H,19,20). The minimum absolute atomic E-state index is 0.0806. The van der Waals surface area contributed by atoms with Crippen LogP contribution in [-0.2, 0) is 10.9 Å². The summed E-state index contributed by atoms with van der Waals surface area (Å²) in [7, 11) is 0. The van der Waals surface area contributed by atoms with Crippen LogP contribution in [0.2, 0.25) is 0 Å². The lowest BCUT2D eigenvalue weighted by molar-refractivity contribution is -0.136. The monoisotopic (exact) mass is 302 g/mol. The molecule has 21 heavy (non-hydrogen) atoms. The zero-order valence-electron chi connectivity index (χ0n) is 11.5. The Morgan fingerprint density at radius 2 is 2.10 bits per heavy atom. The van der Waals surface area contributed by atoms with Crippen LogP contribution >= 0.6 is 0 Å². The number of ether oxygens (including phenoxy) is 1. The van der Waals surface area contributed by atoms with Gasteiger partial charge in [0.25, 0.3) is 5.91 Å². The number of hydrogen-bond donors (Lipinski definition) is 2. The van der Waals surface area contributed by atoms with E-state index in [0.717, 1.165) is 6.07 Å². The molecule has 7 heteroatoms. The Balaban J connectivity index is 2.04. The highest BCUT2D eigenvalue weighted by Crippen LogP contribution is 2.35. The average molecular weight is 302 g/mol. The molecule has 1 aromatic carbocycles. The first-order valence-corrected chi connectivity index (χ1v) is 6.71. The number of benzene rings is 1. The highest BCUT2D eigenvalue weighted by atomic mass is 19.4. The SMILES string of the molecule is CCOC1CC(NC(=O)c2cccc(C(F)(F)F)c2N)C1. The van der Waals surface area contributed by atoms with Crippen LogP contribution in [0.4, 0.5) is 18.9 Å². The Labute approximate surface area is 120 Å². The molecule has 2 rings (SSSR count). The summed E-state index contributed by atoms with van der Waals surface area (Å²) >= 11 is 0. The van der Waals surface area contributed by atoms with Crippen LogP contribution in [0.1, 0.15) is 35.7 Å². The fourth-order valence-corrected chi connectivity index (χ4v) is 2.33. The van der Waals surface area contributed by atoms with Crippen molar-refractivity contribution in [2.24, 2.45) is 0 Å². The lowest BCUT2D eigenvalue weighted by atomic mass is 9.89. The van der Waals surface area contributed by atoms with Gasteiger partial charge in [-0.3, -0.25) is 4.79 Å². The Morgan fingerprint density at radius 3 is 2.67 bits per heavy atom. The van der Waals surface area contributed by atoms with Crippen LogP contribution in [0, 0.1) is 0 Å². The fraction of sp³-hybridized carbons (Fsp3) is 0.500. The molecule has 1 amide bonds. The van der Waals surface area contributed by atoms with Gasteiger partial charge in [0.1, 0.15) is 0 Å². The van der Waals surface area contributed by atoms with Gasteiger partial charge in [-0.25, -0.2) is 0 Å². The molecule has 0 saturated heterocycles. The zero-order valence-corrected chi connectivity index (χ0v) is 11.5. The molecular formula is C14H17F3N2O2. The van der Waals surface area contributed by atoms with E-state index in [0.29, 0.717) is 19.4 Å². The average Bonchev–Trinajstić information content (AvgIpc) is 2.35. The molecule has 1 aromatic rings. The van der Waals surface area contributed by atoms with Crippen LogP contribution in [0.5, 0.6) is 0 Å². The van der Waals surface area contributed by atoms with E-state index in [2.05, 4.69) is 5.32 Å². The predicted molar refractivity (Wildman–Crippen MR) is 71.8 cm³/mol. The lowest BCUT2D eigenvalue weighted by Crippen LogP contribution is -2.48. The summed E-state index contributed by atoms with van der Waals surface area (Å²) in [5.41, 5.74) is 3.80. The van der Waals surface area contributed by atoms with Crippen molar-refractivity contribution in [3.8, 4) is 0 Å². The van der Waals surface area contributed by atoms with Gasteiger partial charge in [-0.1, -0.05) is 6.07 Å². The summed E-state index contributed by atoms with van der Waals surface area (Å²) in [6.45, 7) is 2.49. The van der Waals surface area contributed by atoms with Gasteiger partial charge in [-0.15, -0.1) is 0 Å². The third kappa shape index (κ3) is 3.47. The van der Waals surface area contributed by atoms with Crippen molar-refractivity contribution < 1.29 is 22.7 Å². The van der Waals surface area contributed by atoms with Crippen LogP contribution in [0.3, 0.4) is 0 Å². The lowest BCUT2D eigenvalue weighted by Gasteiger charge is -2.35. The quantitative estimate of drug-likeness (QED) is 0.840. The molecule has 0 aromatic heterocycles. The summed E-state index contributed by atoms with van der Waals surface area (Å²) in [6, 6.07) is 3.25. The third-order valence-corrected chi connectivity index (χ3v) is 3.49. The van der Waals surface area contributed by atoms with Gasteiger partial charge in [0.05, 0.1) is 22.9 Å². The normalized spacial score (nSPS) is 21.7. The Bertz CT molecular complexity index is 525. The van der Waals surface area contributed by atoms with E-state index in [-0.39, 0.29) is 17.7 Å². The number of alkyl halides is 3. The third-order valence-electron chi connectivity index (χ3n) is 3.49. The maximum atomic E-state index is 12.7. The fourth-order valence-electron chi connectivity index (χ4n) is 2.33. The van der Waals surface area contributed by atoms with Crippen molar-refractivity contribution in [3.05, 3.63) is 29.3 Å². The van der Waals surface area contributed by atoms with Crippen molar-refractivity contribution in [1.29, 1.82) is 0 Å². The molecule has 0 aliphatic heterocycles. The Morgan fingerprint density at radius 1 is 1.43 bits per heavy atom. The molecule has 4 nitrogen and oxygen atoms in total. The van der Waals surface area contributed by atoms with Gasteiger partial charge < -0.3 is 15.8 Å². The topological polar surface area (TPSA) is 64.3 Å². The highest BCUT2D eigenvalue weighted by Gasteiger charge is 2.35. The number of nitrogens with two attached hydrogens (primary N) is 1. The Kier molecular flexibility index (Phi) is 4.41. The van der Waals surface area contributed by atoms with Gasteiger partial charge in [0, 0.05) is 12.6 Å². The smallest absolute Gasteiger partial charge is 0.398 e. The summed E-state index contributed by atoms with van der Waals surface area (Å²) in [6.07, 6.45) is -3.13. The molecule has 1 aliphatic rings. The molecule has 0 bridgehead atoms. The second kappa shape index (κ2) is 5.93. The van der Waals surface area contributed by atoms with Crippen LogP contribution < -0.4 is 11.1 Å². The number of hydrogen-bond acceptors (Lipinski definition) is 3. The molecule has 1 aliphatic carbocycles. The van der Waals surface area contributed by atoms with E-state index in [1.807, 2.05) is 6.92 Å². The first kappa shape index (κ1) is 15.6. The van der Waals surface area contributed by atoms with Crippen molar-refractivity contribution >= 4 is 11.6 Å². The number of para-hydroxylation sites is 1. The van der Waals surface area contributed by atoms with Gasteiger partial charge in [-0.2, -0.15) is 13.2 Å². The van der Waals surface area contributed by atoms with Crippen LogP contribution in [-0.4, -0.2) is 24.7 Å². The molecule has 1 fully saturated rings. The van der Waals surface area contributed by atoms with E-state index in [4.69, 9.17) is 10.5 Å². The van der Waals surface area contributed by atoms with Crippen molar-refractivity contribution in [1.82, 2.24) is 5.32 Å². The molecule has 0 heterocycles. The van der Waals surface area contributed by atoms with Crippen molar-refractivity contribution in [2.75, 3.05) is 12.3 Å². The van der Waals surface area contributed by atoms with Crippen molar-refractivity contribution in [2.45, 2.75) is 38.1 Å². The number of anilines is 1. The number of nitrogen functional groups attached to an aromatic ring is 1. The van der Waals surface area contributed by atoms with Gasteiger partial charge in [0.2, 0.25) is 0 Å². The number of halogens is 3. The first-order chi connectivity index (χ1) is 9.82. The number of carbonyl (C=O) groups is 1. The van der Waals surface area contributed by atoms with Gasteiger partial charge >= 0.3 is 6.18 Å². The van der Waals surface area contributed by atoms with E-state index in [1.54, 1.807) is 0 Å². The highest BCUT2D eigenvalue weighted by molar-refractivity contribution is 6.00. The molecule has 3 N–H and O–H groups in total. The largest absolute Gasteiger partial charge is 0.418 e. The minimum Gasteiger partial charge on any atom is -0.398 e. The van der Waals surface area contributed by atoms with E-state index in [9.17, 15) is 18.0 Å². The summed E-state index contributed by atoms with van der Waals surface area (Å²) in [5.74, 6) is -0.585. The first-order valence-electron chi connectivity index (χ1n) is 6.71. The van der Waals surface area contributed by atoms with Gasteiger partial charge in [-0.05, 0) is 31.9 Å². The molecule has 0 unspecified atom stereocenters. The van der Waals surface area contributed by atoms with E-state index >= 15 is 0 Å². The molecule has 0 atom stereocenters. The van der Waals surface area contributed by atoms with E-state index in [1.165, 1.54) is 12.1 Å². The molecular weight excluding hydrogens is 285 g/mol. The summed E-state index contributed by atoms with van der Waals surface area (Å²) in [4.78, 5) is 12.0. The van der Waals surface area contributed by atoms with Crippen molar-refractivity contribution in [3.63, 3.8) is 0 Å². The second-order valence-electron chi connectivity index (χ2n) is 4.98. The molecule has 0 radical (unpaired) electrons. The molecule has 1 saturated carbocycles. The zero-order chi connectivity index (χ0) is 15.6. The van der Waals surface area contributed by atoms with Gasteiger partial charge in [0.15, 0.2) is 0 Å². The number of carbonyl (C=O) groups excluding carboxylic acids is 1. The summed E-state index contributed by atoms with van der Waals surface area (Å²) in [5, 5.41) is 2.67. The summed E-state index contributed by atoms with van der Waals surface area (Å²) < 4.78 is 43.6.